The molecular weight excluding hydrogens is 518 g/mol. The van der Waals surface area contributed by atoms with E-state index in [0.717, 1.165) is 11.0 Å². The number of carbonyl (C=O) groups excluding carboxylic acids is 1. The second-order valence-electron chi connectivity index (χ2n) is 8.94. The van der Waals surface area contributed by atoms with Gasteiger partial charge < -0.3 is 9.47 Å². The van der Waals surface area contributed by atoms with Crippen molar-refractivity contribution >= 4 is 16.7 Å². The summed E-state index contributed by atoms with van der Waals surface area (Å²) in [5.74, 6) is -8.72. The summed E-state index contributed by atoms with van der Waals surface area (Å²) in [5, 5.41) is 14.0. The number of aromatic nitrogens is 5. The predicted octanol–water partition coefficient (Wildman–Crippen LogP) is 3.94. The van der Waals surface area contributed by atoms with E-state index in [1.54, 1.807) is 24.3 Å². The van der Waals surface area contributed by atoms with Crippen molar-refractivity contribution in [3.8, 4) is 0 Å². The van der Waals surface area contributed by atoms with Gasteiger partial charge in [-0.25, -0.2) is 9.49 Å². The third-order valence-electron chi connectivity index (χ3n) is 6.42. The van der Waals surface area contributed by atoms with Crippen LogP contribution in [-0.2, 0) is 25.4 Å². The minimum absolute atomic E-state index is 0.150. The van der Waals surface area contributed by atoms with Gasteiger partial charge in [-0.2, -0.15) is 27.1 Å². The van der Waals surface area contributed by atoms with Crippen LogP contribution in [0.5, 0.6) is 0 Å². The van der Waals surface area contributed by atoms with Gasteiger partial charge in [-0.1, -0.05) is 24.3 Å². The van der Waals surface area contributed by atoms with E-state index in [-0.39, 0.29) is 23.4 Å². The fourth-order valence-electron chi connectivity index (χ4n) is 4.45. The smallest absolute Gasteiger partial charge is 0.327 e. The molecule has 1 amide bonds. The molecule has 1 aliphatic rings. The van der Waals surface area contributed by atoms with E-state index in [9.17, 15) is 35.9 Å². The van der Waals surface area contributed by atoms with Crippen molar-refractivity contribution in [3.63, 3.8) is 0 Å². The number of halogens is 6. The molecule has 1 N–H and O–H groups in total. The van der Waals surface area contributed by atoms with E-state index in [0.29, 0.717) is 26.6 Å². The number of hydrogen-bond donors (Lipinski definition) is 1. The van der Waals surface area contributed by atoms with Crippen molar-refractivity contribution in [1.29, 1.82) is 0 Å². The number of hydrogen-bond acceptors (Lipinski definition) is 5. The summed E-state index contributed by atoms with van der Waals surface area (Å²) >= 11 is 0. The lowest BCUT2D eigenvalue weighted by molar-refractivity contribution is -0.293. The van der Waals surface area contributed by atoms with Crippen molar-refractivity contribution in [2.75, 3.05) is 0 Å². The van der Waals surface area contributed by atoms with Gasteiger partial charge in [0.25, 0.3) is 11.5 Å². The van der Waals surface area contributed by atoms with E-state index in [4.69, 9.17) is 0 Å². The first kappa shape index (κ1) is 25.4. The number of nitrogens with one attached hydrogen (secondary N) is 1. The highest BCUT2D eigenvalue weighted by Crippen LogP contribution is 2.43. The van der Waals surface area contributed by atoms with Crippen LogP contribution >= 0.6 is 0 Å². The van der Waals surface area contributed by atoms with Crippen LogP contribution in [0.25, 0.3) is 10.8 Å². The van der Waals surface area contributed by atoms with E-state index in [1.807, 2.05) is 0 Å². The molecule has 0 bridgehead atoms. The number of fused-ring (bicyclic) bond motifs is 2. The maximum absolute atomic E-state index is 14.8. The molecule has 14 heteroatoms. The summed E-state index contributed by atoms with van der Waals surface area (Å²) in [6.45, 7) is 0.550. The molecule has 2 aromatic heterocycles. The van der Waals surface area contributed by atoms with Crippen LogP contribution in [0, 0.1) is 5.82 Å². The van der Waals surface area contributed by atoms with Gasteiger partial charge in [-0.05, 0) is 30.7 Å². The van der Waals surface area contributed by atoms with Gasteiger partial charge >= 0.3 is 12.1 Å². The molecule has 5 rings (SSSR count). The Morgan fingerprint density at radius 2 is 1.79 bits per heavy atom. The number of alkyl halides is 5. The standard InChI is InChI=1S/C24H18F6N6O2/c1-12-10-36-19(32-34-22(36)23(26,27)24(28,29)30)11-35(12)21(38)16-8-13(6-7-17(16)25)9-18-14-4-2-3-5-15(14)20(37)33-31-18/h2-8,12H,9-11H2,1H3,(H,33,37). The molecular formula is C24H18F6N6O2. The highest BCUT2D eigenvalue weighted by molar-refractivity contribution is 5.95. The van der Waals surface area contributed by atoms with Gasteiger partial charge in [0.2, 0.25) is 5.82 Å². The first-order valence-electron chi connectivity index (χ1n) is 11.3. The SMILES string of the molecule is CC1Cn2c(nnc2C(F)(F)C(F)(F)F)CN1C(=O)c1cc(Cc2n[nH]c(=O)c3ccccc23)ccc1F. The summed E-state index contributed by atoms with van der Waals surface area (Å²) in [4.78, 5) is 26.5. The van der Waals surface area contributed by atoms with Crippen molar-refractivity contribution in [3.05, 3.63) is 87.1 Å². The molecule has 0 fully saturated rings. The number of carbonyl (C=O) groups is 1. The Bertz CT molecular complexity index is 1610. The van der Waals surface area contributed by atoms with Gasteiger partial charge in [0.1, 0.15) is 5.82 Å². The topological polar surface area (TPSA) is 96.8 Å². The van der Waals surface area contributed by atoms with Gasteiger partial charge in [0.05, 0.1) is 23.2 Å². The van der Waals surface area contributed by atoms with Crippen LogP contribution in [0.2, 0.25) is 0 Å². The normalized spacial score (nSPS) is 16.1. The first-order chi connectivity index (χ1) is 17.9. The molecule has 0 saturated carbocycles. The summed E-state index contributed by atoms with van der Waals surface area (Å²) in [7, 11) is 0. The minimum atomic E-state index is -5.87. The van der Waals surface area contributed by atoms with E-state index < -0.39 is 48.8 Å². The van der Waals surface area contributed by atoms with E-state index in [1.165, 1.54) is 19.1 Å². The van der Waals surface area contributed by atoms with Crippen molar-refractivity contribution in [2.24, 2.45) is 0 Å². The third kappa shape index (κ3) is 4.19. The monoisotopic (exact) mass is 536 g/mol. The zero-order valence-corrected chi connectivity index (χ0v) is 19.6. The Hall–Kier alpha value is -4.23. The molecule has 38 heavy (non-hydrogen) atoms. The second kappa shape index (κ2) is 8.96. The molecule has 4 aromatic rings. The van der Waals surface area contributed by atoms with Crippen LogP contribution in [0.1, 0.15) is 40.2 Å². The lowest BCUT2D eigenvalue weighted by atomic mass is 10.0. The Balaban J connectivity index is 1.44. The molecule has 1 atom stereocenters. The molecule has 8 nitrogen and oxygen atoms in total. The van der Waals surface area contributed by atoms with Crippen molar-refractivity contribution in [1.82, 2.24) is 29.9 Å². The minimum Gasteiger partial charge on any atom is -0.327 e. The molecule has 0 spiro atoms. The largest absolute Gasteiger partial charge is 0.461 e. The molecule has 2 aromatic carbocycles. The molecule has 1 aliphatic heterocycles. The quantitative estimate of drug-likeness (QED) is 0.399. The Kier molecular flexibility index (Phi) is 5.99. The molecule has 1 unspecified atom stereocenters. The lowest BCUT2D eigenvalue weighted by Crippen LogP contribution is -2.47. The van der Waals surface area contributed by atoms with Crippen molar-refractivity contribution in [2.45, 2.75) is 44.6 Å². The second-order valence-corrected chi connectivity index (χ2v) is 8.94. The third-order valence-corrected chi connectivity index (χ3v) is 6.42. The fourth-order valence-corrected chi connectivity index (χ4v) is 4.45. The van der Waals surface area contributed by atoms with Gasteiger partial charge in [-0.15, -0.1) is 10.2 Å². The maximum atomic E-state index is 14.8. The van der Waals surface area contributed by atoms with Crippen LogP contribution in [0.4, 0.5) is 26.3 Å². The zero-order chi connectivity index (χ0) is 27.4. The highest BCUT2D eigenvalue weighted by Gasteiger charge is 2.62. The van der Waals surface area contributed by atoms with Crippen LogP contribution < -0.4 is 5.56 Å². The van der Waals surface area contributed by atoms with Gasteiger partial charge in [-0.3, -0.25) is 9.59 Å². The average molecular weight is 536 g/mol. The zero-order valence-electron chi connectivity index (χ0n) is 19.6. The van der Waals surface area contributed by atoms with E-state index >= 15 is 0 Å². The fraction of sp³-hybridized carbons (Fsp3) is 0.292. The molecule has 3 heterocycles. The van der Waals surface area contributed by atoms with E-state index in [2.05, 4.69) is 20.4 Å². The lowest BCUT2D eigenvalue weighted by Gasteiger charge is -2.35. The summed E-state index contributed by atoms with van der Waals surface area (Å²) < 4.78 is 81.9. The number of nitrogens with zero attached hydrogens (tertiary/aromatic N) is 5. The van der Waals surface area contributed by atoms with Crippen LogP contribution in [0.3, 0.4) is 0 Å². The maximum Gasteiger partial charge on any atom is 0.461 e. The number of benzene rings is 2. The number of aromatic amines is 1. The number of amides is 1. The highest BCUT2D eigenvalue weighted by atomic mass is 19.4. The molecule has 0 saturated heterocycles. The Morgan fingerprint density at radius 1 is 1.08 bits per heavy atom. The predicted molar refractivity (Wildman–Crippen MR) is 121 cm³/mol. The van der Waals surface area contributed by atoms with Crippen LogP contribution in [-0.4, -0.2) is 48.0 Å². The average Bonchev–Trinajstić information content (AvgIpc) is 3.28. The number of rotatable bonds is 4. The number of H-pyrrole nitrogens is 1. The summed E-state index contributed by atoms with van der Waals surface area (Å²) in [5.41, 5.74) is 0.293. The summed E-state index contributed by atoms with van der Waals surface area (Å²) in [6.07, 6.45) is -5.72. The first-order valence-corrected chi connectivity index (χ1v) is 11.3. The Labute approximate surface area is 209 Å². The van der Waals surface area contributed by atoms with Crippen molar-refractivity contribution < 1.29 is 31.1 Å². The summed E-state index contributed by atoms with van der Waals surface area (Å²) in [6, 6.07) is 9.76. The molecule has 0 aliphatic carbocycles. The van der Waals surface area contributed by atoms with Gasteiger partial charge in [0.15, 0.2) is 5.82 Å². The Morgan fingerprint density at radius 3 is 2.50 bits per heavy atom. The molecule has 0 radical (unpaired) electrons. The van der Waals surface area contributed by atoms with Gasteiger partial charge in [0, 0.05) is 24.4 Å². The van der Waals surface area contributed by atoms with Crippen LogP contribution in [0.15, 0.2) is 47.3 Å². The molecule has 198 valence electrons.